The zero-order valence-corrected chi connectivity index (χ0v) is 30.1. The molecule has 1 aromatic carbocycles. The van der Waals surface area contributed by atoms with Crippen molar-refractivity contribution in [2.24, 2.45) is 17.4 Å². The molecule has 3 saturated heterocycles. The number of phenolic OH excluding ortho intramolecular Hbond substituents is 1. The van der Waals surface area contributed by atoms with Gasteiger partial charge in [-0.3, -0.25) is 34.2 Å². The Balaban J connectivity index is 1.48. The summed E-state index contributed by atoms with van der Waals surface area (Å²) in [6, 6.07) is 0.990. The zero-order valence-electron chi connectivity index (χ0n) is 30.1. The quantitative estimate of drug-likeness (QED) is 0.0662. The first-order chi connectivity index (χ1) is 24.8. The molecule has 1 aromatic rings. The summed E-state index contributed by atoms with van der Waals surface area (Å²) in [5.74, 6) is -2.30. The predicted octanol–water partition coefficient (Wildman–Crippen LogP) is -0.376. The molecule has 0 aliphatic carbocycles. The summed E-state index contributed by atoms with van der Waals surface area (Å²) in [6.45, 7) is 5.29. The highest BCUT2D eigenvalue weighted by molar-refractivity contribution is 5.96. The molecule has 5 amide bonds. The molecular formula is C36H54N9O7. The van der Waals surface area contributed by atoms with E-state index in [4.69, 9.17) is 16.9 Å². The van der Waals surface area contributed by atoms with E-state index >= 15 is 0 Å². The van der Waals surface area contributed by atoms with Crippen molar-refractivity contribution < 1.29 is 33.9 Å². The van der Waals surface area contributed by atoms with E-state index in [1.165, 1.54) is 26.8 Å². The maximum absolute atomic E-state index is 14.0. The largest absolute Gasteiger partial charge is 0.508 e. The van der Waals surface area contributed by atoms with Crippen LogP contribution in [0.5, 0.6) is 5.75 Å². The Morgan fingerprint density at radius 2 is 1.54 bits per heavy atom. The third-order valence-corrected chi connectivity index (χ3v) is 9.99. The molecule has 16 heteroatoms. The SMILES string of the molecule is CC(C)C[C@H](NC(=O)[C@H](Cc1ccc(O)cc1)NC(=O)[C@@H]1CCCN1C(=O)[C@@H]1CCCN1C(=O)[C@@H](N)CCCNC(=N)N)C(=O)N1CCC[C@H]1[C]=O. The molecule has 52 heavy (non-hydrogen) atoms. The first-order valence-electron chi connectivity index (χ1n) is 18.3. The van der Waals surface area contributed by atoms with Crippen LogP contribution in [0.1, 0.15) is 77.2 Å². The van der Waals surface area contributed by atoms with Crippen molar-refractivity contribution in [3.05, 3.63) is 29.8 Å². The Bertz CT molecular complexity index is 1460. The molecule has 3 fully saturated rings. The number of likely N-dealkylation sites (tertiary alicyclic amines) is 3. The molecule has 0 spiro atoms. The van der Waals surface area contributed by atoms with Gasteiger partial charge >= 0.3 is 0 Å². The number of amides is 5. The molecular weight excluding hydrogens is 670 g/mol. The van der Waals surface area contributed by atoms with Crippen molar-refractivity contribution >= 4 is 41.8 Å². The molecule has 0 aromatic heterocycles. The summed E-state index contributed by atoms with van der Waals surface area (Å²) in [6.07, 6.45) is 6.26. The molecule has 4 rings (SSSR count). The lowest BCUT2D eigenvalue weighted by atomic mass is 10.00. The number of hydrogen-bond acceptors (Lipinski definition) is 9. The van der Waals surface area contributed by atoms with Crippen molar-refractivity contribution in [2.45, 2.75) is 114 Å². The average Bonchev–Trinajstić information content (AvgIpc) is 3.90. The smallest absolute Gasteiger partial charge is 0.246 e. The van der Waals surface area contributed by atoms with Crippen LogP contribution >= 0.6 is 0 Å². The summed E-state index contributed by atoms with van der Waals surface area (Å²) in [4.78, 5) is 84.8. The monoisotopic (exact) mass is 724 g/mol. The van der Waals surface area contributed by atoms with E-state index in [2.05, 4.69) is 16.0 Å². The molecule has 3 heterocycles. The van der Waals surface area contributed by atoms with Crippen LogP contribution in [0.2, 0.25) is 0 Å². The van der Waals surface area contributed by atoms with Crippen molar-refractivity contribution in [3.63, 3.8) is 0 Å². The van der Waals surface area contributed by atoms with Gasteiger partial charge in [-0.1, -0.05) is 26.0 Å². The fourth-order valence-electron chi connectivity index (χ4n) is 7.33. The molecule has 6 atom stereocenters. The van der Waals surface area contributed by atoms with Crippen LogP contribution in [-0.4, -0.2) is 124 Å². The van der Waals surface area contributed by atoms with Crippen LogP contribution in [0.15, 0.2) is 24.3 Å². The van der Waals surface area contributed by atoms with E-state index in [1.54, 1.807) is 12.1 Å². The topological polar surface area (TPSA) is 244 Å². The summed E-state index contributed by atoms with van der Waals surface area (Å²) in [5.41, 5.74) is 12.2. The average molecular weight is 725 g/mol. The number of phenols is 1. The second-order valence-corrected chi connectivity index (χ2v) is 14.4. The second-order valence-electron chi connectivity index (χ2n) is 14.4. The zero-order chi connectivity index (χ0) is 37.9. The van der Waals surface area contributed by atoms with Gasteiger partial charge in [0.05, 0.1) is 12.1 Å². The lowest BCUT2D eigenvalue weighted by Crippen LogP contribution is -2.59. The molecule has 285 valence electrons. The molecule has 9 N–H and O–H groups in total. The van der Waals surface area contributed by atoms with Gasteiger partial charge in [-0.2, -0.15) is 0 Å². The highest BCUT2D eigenvalue weighted by Gasteiger charge is 2.44. The van der Waals surface area contributed by atoms with Gasteiger partial charge in [0.1, 0.15) is 29.9 Å². The number of nitrogens with one attached hydrogen (secondary N) is 4. The van der Waals surface area contributed by atoms with Gasteiger partial charge in [0.25, 0.3) is 0 Å². The highest BCUT2D eigenvalue weighted by atomic mass is 16.3. The van der Waals surface area contributed by atoms with Crippen LogP contribution in [-0.2, 0) is 35.2 Å². The van der Waals surface area contributed by atoms with E-state index in [1.807, 2.05) is 20.1 Å². The van der Waals surface area contributed by atoms with Crippen molar-refractivity contribution in [1.82, 2.24) is 30.7 Å². The Kier molecular flexibility index (Phi) is 14.4. The van der Waals surface area contributed by atoms with Gasteiger partial charge in [0.15, 0.2) is 5.96 Å². The van der Waals surface area contributed by atoms with Gasteiger partial charge in [-0.05, 0) is 81.4 Å². The lowest BCUT2D eigenvalue weighted by Gasteiger charge is -2.33. The van der Waals surface area contributed by atoms with Gasteiger partial charge in [-0.15, -0.1) is 0 Å². The molecule has 3 aliphatic heterocycles. The summed E-state index contributed by atoms with van der Waals surface area (Å²) in [7, 11) is 0. The van der Waals surface area contributed by atoms with E-state index in [9.17, 15) is 33.9 Å². The fourth-order valence-corrected chi connectivity index (χ4v) is 7.33. The Morgan fingerprint density at radius 3 is 2.19 bits per heavy atom. The van der Waals surface area contributed by atoms with Crippen LogP contribution in [0.4, 0.5) is 0 Å². The maximum atomic E-state index is 14.0. The summed E-state index contributed by atoms with van der Waals surface area (Å²) < 4.78 is 0. The van der Waals surface area contributed by atoms with Crippen LogP contribution < -0.4 is 27.4 Å². The van der Waals surface area contributed by atoms with E-state index < -0.39 is 48.1 Å². The number of nitrogens with zero attached hydrogens (tertiary/aromatic N) is 3. The van der Waals surface area contributed by atoms with Crippen molar-refractivity contribution in [1.29, 1.82) is 5.41 Å². The Hall–Kier alpha value is -4.73. The number of carbonyl (C=O) groups is 5. The highest BCUT2D eigenvalue weighted by Crippen LogP contribution is 2.26. The number of rotatable bonds is 16. The normalized spacial score (nSPS) is 21.8. The number of aromatic hydroxyl groups is 1. The number of carbonyl (C=O) groups excluding carboxylic acids is 6. The molecule has 0 saturated carbocycles. The molecule has 0 bridgehead atoms. The third-order valence-electron chi connectivity index (χ3n) is 9.99. The number of benzene rings is 1. The number of hydrogen-bond donors (Lipinski definition) is 7. The van der Waals surface area contributed by atoms with E-state index in [-0.39, 0.29) is 41.8 Å². The van der Waals surface area contributed by atoms with Crippen molar-refractivity contribution in [3.8, 4) is 5.75 Å². The van der Waals surface area contributed by atoms with E-state index in [0.29, 0.717) is 89.5 Å². The molecule has 0 unspecified atom stereocenters. The van der Waals surface area contributed by atoms with E-state index in [0.717, 1.165) is 0 Å². The number of guanidine groups is 1. The second kappa shape index (κ2) is 18.7. The van der Waals surface area contributed by atoms with Gasteiger partial charge < -0.3 is 47.2 Å². The van der Waals surface area contributed by atoms with Crippen LogP contribution in [0.3, 0.4) is 0 Å². The first-order valence-corrected chi connectivity index (χ1v) is 18.3. The van der Waals surface area contributed by atoms with Crippen LogP contribution in [0, 0.1) is 11.3 Å². The Morgan fingerprint density at radius 1 is 0.904 bits per heavy atom. The molecule has 16 nitrogen and oxygen atoms in total. The molecule has 3 aliphatic rings. The van der Waals surface area contributed by atoms with Crippen molar-refractivity contribution in [2.75, 3.05) is 26.2 Å². The Labute approximate surface area is 304 Å². The summed E-state index contributed by atoms with van der Waals surface area (Å²) in [5, 5.41) is 25.5. The minimum Gasteiger partial charge on any atom is -0.508 e. The van der Waals surface area contributed by atoms with Gasteiger partial charge in [0, 0.05) is 32.6 Å². The maximum Gasteiger partial charge on any atom is 0.246 e. The van der Waals surface area contributed by atoms with Gasteiger partial charge in [-0.25, -0.2) is 0 Å². The summed E-state index contributed by atoms with van der Waals surface area (Å²) >= 11 is 0. The number of nitrogens with two attached hydrogens (primary N) is 2. The first kappa shape index (κ1) is 40.0. The minimum atomic E-state index is -1.14. The fraction of sp³-hybridized carbons (Fsp3) is 0.639. The lowest BCUT2D eigenvalue weighted by molar-refractivity contribution is -0.147. The molecule has 1 radical (unpaired) electrons. The standard InChI is InChI=1S/C36H54N9O7/c1-22(2)19-28(34(51)43-16-4-7-24(43)21-46)42-31(48)27(20-23-11-13-25(47)14-12-23)41-32(49)29-9-5-17-44(29)35(52)30-10-6-18-45(30)33(50)26(37)8-3-15-40-36(38)39/h11-14,22,24,26-30,47H,3-10,15-20,37H2,1-2H3,(H,41,49)(H,42,48)(H4,38,39,40)/t24-,26-,27-,28-,29-,30-/m0/s1. The van der Waals surface area contributed by atoms with Crippen LogP contribution in [0.25, 0.3) is 0 Å². The minimum absolute atomic E-state index is 0.0269. The van der Waals surface area contributed by atoms with Gasteiger partial charge in [0.2, 0.25) is 35.8 Å². The third kappa shape index (κ3) is 10.4. The predicted molar refractivity (Wildman–Crippen MR) is 192 cm³/mol.